The van der Waals surface area contributed by atoms with Crippen molar-refractivity contribution in [2.75, 3.05) is 6.54 Å². The summed E-state index contributed by atoms with van der Waals surface area (Å²) in [6, 6.07) is 9.41. The summed E-state index contributed by atoms with van der Waals surface area (Å²) in [6.45, 7) is 8.43. The predicted octanol–water partition coefficient (Wildman–Crippen LogP) is 3.44. The van der Waals surface area contributed by atoms with Crippen LogP contribution in [-0.2, 0) is 6.67 Å². The molecule has 3 rings (SSSR count). The van der Waals surface area contributed by atoms with Gasteiger partial charge in [-0.25, -0.2) is 4.68 Å². The van der Waals surface area contributed by atoms with Gasteiger partial charge in [-0.2, -0.15) is 10.2 Å². The Bertz CT molecular complexity index is 991. The van der Waals surface area contributed by atoms with Gasteiger partial charge in [0.1, 0.15) is 12.4 Å². The van der Waals surface area contributed by atoms with E-state index < -0.39 is 6.10 Å². The molecule has 0 saturated heterocycles. The molecule has 0 aliphatic carbocycles. The van der Waals surface area contributed by atoms with E-state index in [1.54, 1.807) is 21.6 Å². The molecule has 2 N–H and O–H groups in total. The van der Waals surface area contributed by atoms with Crippen molar-refractivity contribution in [2.24, 2.45) is 0 Å². The Morgan fingerprint density at radius 3 is 2.38 bits per heavy atom. The van der Waals surface area contributed by atoms with Gasteiger partial charge in [0.2, 0.25) is 0 Å². The summed E-state index contributed by atoms with van der Waals surface area (Å²) in [5.41, 5.74) is 3.85. The van der Waals surface area contributed by atoms with E-state index in [4.69, 9.17) is 11.6 Å². The van der Waals surface area contributed by atoms with Crippen LogP contribution in [0.3, 0.4) is 0 Å². The molecule has 1 aromatic carbocycles. The fourth-order valence-electron chi connectivity index (χ4n) is 3.01. The topological polar surface area (TPSA) is 85.0 Å². The molecule has 1 amide bonds. The molecule has 2 aromatic heterocycles. The number of carbonyl (C=O) groups excluding carboxylic acids is 1. The predicted molar refractivity (Wildman–Crippen MR) is 112 cm³/mol. The van der Waals surface area contributed by atoms with Gasteiger partial charge in [0.05, 0.1) is 22.5 Å². The standard InChI is InChI=1S/C21H26ClN5O2/c1-13(2)16-5-7-17(8-6-16)19(28)11-23-21(29)18-9-10-26(25-18)12-27-15(4)20(22)14(3)24-27/h5-10,13,19,28H,11-12H2,1-4H3,(H,23,29). The first-order chi connectivity index (χ1) is 13.8. The van der Waals surface area contributed by atoms with E-state index >= 15 is 0 Å². The first-order valence-corrected chi connectivity index (χ1v) is 9.93. The number of aryl methyl sites for hydroxylation is 1. The summed E-state index contributed by atoms with van der Waals surface area (Å²) in [5.74, 6) is 0.0921. The highest BCUT2D eigenvalue weighted by Gasteiger charge is 2.15. The second-order valence-corrected chi connectivity index (χ2v) is 7.79. The number of aliphatic hydroxyl groups excluding tert-OH is 1. The van der Waals surface area contributed by atoms with Crippen LogP contribution in [0.15, 0.2) is 36.5 Å². The molecule has 8 heteroatoms. The van der Waals surface area contributed by atoms with Crippen molar-refractivity contribution in [3.63, 3.8) is 0 Å². The zero-order valence-corrected chi connectivity index (χ0v) is 17.8. The van der Waals surface area contributed by atoms with E-state index in [1.165, 1.54) is 5.56 Å². The second kappa shape index (κ2) is 8.80. The number of aromatic nitrogens is 4. The van der Waals surface area contributed by atoms with Gasteiger partial charge < -0.3 is 10.4 Å². The maximum atomic E-state index is 12.4. The van der Waals surface area contributed by atoms with Crippen LogP contribution >= 0.6 is 11.6 Å². The summed E-state index contributed by atoms with van der Waals surface area (Å²) in [5, 5.41) is 22.3. The SMILES string of the molecule is Cc1nn(Cn2ccc(C(=O)NCC(O)c3ccc(C(C)C)cc3)n2)c(C)c1Cl. The van der Waals surface area contributed by atoms with Crippen molar-refractivity contribution >= 4 is 17.5 Å². The average molecular weight is 416 g/mol. The lowest BCUT2D eigenvalue weighted by atomic mass is 10.00. The number of carbonyl (C=O) groups is 1. The summed E-state index contributed by atoms with van der Waals surface area (Å²) in [6.07, 6.45) is 0.930. The summed E-state index contributed by atoms with van der Waals surface area (Å²) < 4.78 is 3.35. The number of halogens is 1. The number of benzene rings is 1. The van der Waals surface area contributed by atoms with Crippen molar-refractivity contribution in [1.82, 2.24) is 24.9 Å². The van der Waals surface area contributed by atoms with E-state index in [9.17, 15) is 9.90 Å². The smallest absolute Gasteiger partial charge is 0.271 e. The van der Waals surface area contributed by atoms with Gasteiger partial charge in [0.25, 0.3) is 5.91 Å². The normalized spacial score (nSPS) is 12.4. The van der Waals surface area contributed by atoms with Gasteiger partial charge in [-0.05, 0) is 37.0 Å². The van der Waals surface area contributed by atoms with E-state index in [-0.39, 0.29) is 18.1 Å². The lowest BCUT2D eigenvalue weighted by Gasteiger charge is -2.13. The van der Waals surface area contributed by atoms with Gasteiger partial charge in [-0.1, -0.05) is 49.7 Å². The molecule has 0 saturated carbocycles. The Hall–Kier alpha value is -2.64. The third kappa shape index (κ3) is 4.86. The lowest BCUT2D eigenvalue weighted by molar-refractivity contribution is 0.0910. The second-order valence-electron chi connectivity index (χ2n) is 7.41. The highest BCUT2D eigenvalue weighted by atomic mass is 35.5. The Morgan fingerprint density at radius 2 is 1.79 bits per heavy atom. The summed E-state index contributed by atoms with van der Waals surface area (Å²) >= 11 is 6.16. The molecule has 0 radical (unpaired) electrons. The van der Waals surface area contributed by atoms with Crippen LogP contribution in [-0.4, -0.2) is 37.1 Å². The number of rotatable bonds is 7. The van der Waals surface area contributed by atoms with E-state index in [0.717, 1.165) is 17.0 Å². The molecule has 1 atom stereocenters. The average Bonchev–Trinajstić information content (AvgIpc) is 3.27. The van der Waals surface area contributed by atoms with E-state index in [1.807, 2.05) is 38.1 Å². The van der Waals surface area contributed by atoms with Crippen LogP contribution in [0.2, 0.25) is 5.02 Å². The number of hydrogen-bond acceptors (Lipinski definition) is 4. The zero-order chi connectivity index (χ0) is 21.1. The van der Waals surface area contributed by atoms with Gasteiger partial charge in [0, 0.05) is 12.7 Å². The van der Waals surface area contributed by atoms with Crippen molar-refractivity contribution in [2.45, 2.75) is 46.4 Å². The number of nitrogens with zero attached hydrogens (tertiary/aromatic N) is 4. The summed E-state index contributed by atoms with van der Waals surface area (Å²) in [7, 11) is 0. The van der Waals surface area contributed by atoms with Gasteiger partial charge in [0.15, 0.2) is 0 Å². The molecule has 2 heterocycles. The molecule has 29 heavy (non-hydrogen) atoms. The summed E-state index contributed by atoms with van der Waals surface area (Å²) in [4.78, 5) is 12.4. The zero-order valence-electron chi connectivity index (χ0n) is 17.1. The third-order valence-electron chi connectivity index (χ3n) is 4.89. The largest absolute Gasteiger partial charge is 0.387 e. The number of hydrogen-bond donors (Lipinski definition) is 2. The van der Waals surface area contributed by atoms with Crippen LogP contribution in [0.4, 0.5) is 0 Å². The molecular weight excluding hydrogens is 390 g/mol. The molecule has 0 aliphatic heterocycles. The van der Waals surface area contributed by atoms with Crippen molar-refractivity contribution < 1.29 is 9.90 Å². The number of nitrogens with one attached hydrogen (secondary N) is 1. The lowest BCUT2D eigenvalue weighted by Crippen LogP contribution is -2.29. The molecule has 3 aromatic rings. The molecule has 0 bridgehead atoms. The van der Waals surface area contributed by atoms with Gasteiger partial charge >= 0.3 is 0 Å². The highest BCUT2D eigenvalue weighted by Crippen LogP contribution is 2.19. The van der Waals surface area contributed by atoms with Crippen LogP contribution in [0.5, 0.6) is 0 Å². The minimum atomic E-state index is -0.779. The maximum absolute atomic E-state index is 12.4. The van der Waals surface area contributed by atoms with Gasteiger partial charge in [-0.3, -0.25) is 9.48 Å². The van der Waals surface area contributed by atoms with Crippen LogP contribution in [0.1, 0.15) is 58.9 Å². The molecule has 154 valence electrons. The fourth-order valence-corrected chi connectivity index (χ4v) is 3.15. The van der Waals surface area contributed by atoms with Crippen LogP contribution in [0, 0.1) is 13.8 Å². The Kier molecular flexibility index (Phi) is 6.39. The number of amides is 1. The molecule has 0 aliphatic rings. The monoisotopic (exact) mass is 415 g/mol. The van der Waals surface area contributed by atoms with E-state index in [2.05, 4.69) is 29.4 Å². The third-order valence-corrected chi connectivity index (χ3v) is 5.44. The van der Waals surface area contributed by atoms with Crippen molar-refractivity contribution in [3.05, 3.63) is 69.8 Å². The van der Waals surface area contributed by atoms with E-state index in [0.29, 0.717) is 17.6 Å². The molecule has 0 spiro atoms. The molecule has 1 unspecified atom stereocenters. The highest BCUT2D eigenvalue weighted by molar-refractivity contribution is 6.31. The number of aliphatic hydroxyl groups is 1. The quantitative estimate of drug-likeness (QED) is 0.619. The Balaban J connectivity index is 1.57. The molecular formula is C21H26ClN5O2. The minimum Gasteiger partial charge on any atom is -0.387 e. The Labute approximate surface area is 175 Å². The molecule has 7 nitrogen and oxygen atoms in total. The Morgan fingerprint density at radius 1 is 1.14 bits per heavy atom. The molecule has 0 fully saturated rings. The first-order valence-electron chi connectivity index (χ1n) is 9.55. The van der Waals surface area contributed by atoms with Crippen molar-refractivity contribution in [1.29, 1.82) is 0 Å². The minimum absolute atomic E-state index is 0.111. The van der Waals surface area contributed by atoms with Gasteiger partial charge in [-0.15, -0.1) is 0 Å². The fraction of sp³-hybridized carbons (Fsp3) is 0.381. The van der Waals surface area contributed by atoms with Crippen LogP contribution < -0.4 is 5.32 Å². The van der Waals surface area contributed by atoms with Crippen LogP contribution in [0.25, 0.3) is 0 Å². The maximum Gasteiger partial charge on any atom is 0.271 e. The van der Waals surface area contributed by atoms with Crippen molar-refractivity contribution in [3.8, 4) is 0 Å². The first kappa shape index (κ1) is 21.1.